The van der Waals surface area contributed by atoms with Gasteiger partial charge in [0.1, 0.15) is 0 Å². The first-order chi connectivity index (χ1) is 9.38. The molecule has 0 heterocycles. The Labute approximate surface area is 153 Å². The van der Waals surface area contributed by atoms with E-state index in [1.54, 1.807) is 6.07 Å². The van der Waals surface area contributed by atoms with Gasteiger partial charge in [-0.05, 0) is 82.1 Å². The van der Waals surface area contributed by atoms with Gasteiger partial charge in [-0.25, -0.2) is 4.79 Å². The van der Waals surface area contributed by atoms with E-state index < -0.39 is 0 Å². The van der Waals surface area contributed by atoms with Gasteiger partial charge in [-0.15, -0.1) is 0 Å². The Balaban J connectivity index is 2.74. The van der Waals surface area contributed by atoms with E-state index in [-0.39, 0.29) is 5.97 Å². The van der Waals surface area contributed by atoms with Crippen LogP contribution in [0.25, 0.3) is 0 Å². The highest BCUT2D eigenvalue weighted by molar-refractivity contribution is 9.15. The van der Waals surface area contributed by atoms with Crippen LogP contribution in [0.15, 0.2) is 24.0 Å². The fourth-order valence-corrected chi connectivity index (χ4v) is 3.83. The summed E-state index contributed by atoms with van der Waals surface area (Å²) in [4.78, 5) is 12.2. The molecule has 0 N–H and O–H groups in total. The van der Waals surface area contributed by atoms with Crippen molar-refractivity contribution in [2.24, 2.45) is 5.92 Å². The Morgan fingerprint density at radius 2 is 1.85 bits per heavy atom. The van der Waals surface area contributed by atoms with Gasteiger partial charge in [0.25, 0.3) is 0 Å². The molecule has 1 rings (SSSR count). The molecule has 6 heteroatoms. The number of carbonyl (C=O) groups excluding carboxylic acids is 1. The summed E-state index contributed by atoms with van der Waals surface area (Å²) in [6.45, 7) is 4.72. The monoisotopic (exact) mass is 532 g/mol. The van der Waals surface area contributed by atoms with E-state index in [1.807, 2.05) is 0 Å². The Hall–Kier alpha value is 0.610. The van der Waals surface area contributed by atoms with Crippen molar-refractivity contribution in [3.05, 3.63) is 29.5 Å². The average molecular weight is 536 g/mol. The molecule has 0 aliphatic rings. The molecule has 0 aromatic heterocycles. The number of hydrogen-bond acceptors (Lipinski definition) is 2. The van der Waals surface area contributed by atoms with Crippen molar-refractivity contribution >= 4 is 69.7 Å². The molecule has 1 atom stereocenters. The van der Waals surface area contributed by atoms with Crippen molar-refractivity contribution in [2.45, 2.75) is 33.1 Å². The van der Waals surface area contributed by atoms with E-state index >= 15 is 0 Å². The van der Waals surface area contributed by atoms with Gasteiger partial charge in [0, 0.05) is 17.9 Å². The Morgan fingerprint density at radius 3 is 2.45 bits per heavy atom. The fraction of sp³-hybridized carbons (Fsp3) is 0.500. The number of esters is 1. The quantitative estimate of drug-likeness (QED) is 0.230. The van der Waals surface area contributed by atoms with Crippen LogP contribution in [0.3, 0.4) is 0 Å². The summed E-state index contributed by atoms with van der Waals surface area (Å²) in [5.41, 5.74) is 0.509. The lowest BCUT2D eigenvalue weighted by atomic mass is 10.1. The molecular formula is C14H16Br4O2. The Bertz CT molecular complexity index is 489. The van der Waals surface area contributed by atoms with Crippen LogP contribution < -0.4 is 0 Å². The zero-order valence-corrected chi connectivity index (χ0v) is 17.7. The number of unbranched alkanes of at least 4 members (excludes halogenated alkanes) is 1. The second-order valence-electron chi connectivity index (χ2n) is 4.69. The lowest BCUT2D eigenvalue weighted by Gasteiger charge is -2.13. The van der Waals surface area contributed by atoms with Crippen molar-refractivity contribution in [3.63, 3.8) is 0 Å². The molecule has 1 unspecified atom stereocenters. The summed E-state index contributed by atoms with van der Waals surface area (Å²) < 4.78 is 8.54. The number of hydrogen-bond donors (Lipinski definition) is 0. The van der Waals surface area contributed by atoms with E-state index in [1.165, 1.54) is 0 Å². The molecule has 0 saturated heterocycles. The second kappa shape index (κ2) is 8.91. The molecule has 0 aliphatic heterocycles. The summed E-state index contributed by atoms with van der Waals surface area (Å²) in [6, 6.07) is 1.75. The van der Waals surface area contributed by atoms with Crippen LogP contribution in [0.1, 0.15) is 43.5 Å². The normalized spacial score (nSPS) is 12.3. The van der Waals surface area contributed by atoms with E-state index in [9.17, 15) is 4.79 Å². The van der Waals surface area contributed by atoms with Gasteiger partial charge in [-0.3, -0.25) is 0 Å². The summed E-state index contributed by atoms with van der Waals surface area (Å²) in [7, 11) is 0. The largest absolute Gasteiger partial charge is 0.462 e. The summed E-state index contributed by atoms with van der Waals surface area (Å²) >= 11 is 13.7. The molecule has 0 fully saturated rings. The van der Waals surface area contributed by atoms with Crippen LogP contribution in [-0.4, -0.2) is 12.6 Å². The molecule has 1 aromatic carbocycles. The first kappa shape index (κ1) is 18.7. The van der Waals surface area contributed by atoms with Gasteiger partial charge in [-0.2, -0.15) is 0 Å². The molecule has 2 nitrogen and oxygen atoms in total. The molecule has 0 aliphatic carbocycles. The van der Waals surface area contributed by atoms with Crippen molar-refractivity contribution in [3.8, 4) is 0 Å². The van der Waals surface area contributed by atoms with E-state index in [4.69, 9.17) is 4.74 Å². The predicted octanol–water partition coefficient (Wildman–Crippen LogP) is 6.72. The molecule has 0 spiro atoms. The standard InChI is InChI=1S/C14H16Br4O2/c1-3-4-5-8(2)7-20-14(19)9-6-10(15)12(17)13(18)11(9)16/h6,8H,3-5,7H2,1-2H3. The first-order valence-corrected chi connectivity index (χ1v) is 9.55. The van der Waals surface area contributed by atoms with Gasteiger partial charge in [0.2, 0.25) is 0 Å². The van der Waals surface area contributed by atoms with Gasteiger partial charge in [0.05, 0.1) is 12.2 Å². The lowest BCUT2D eigenvalue weighted by molar-refractivity contribution is 0.0441. The van der Waals surface area contributed by atoms with Crippen molar-refractivity contribution < 1.29 is 9.53 Å². The van der Waals surface area contributed by atoms with Crippen LogP contribution in [0, 0.1) is 5.92 Å². The molecule has 1 aromatic rings. The number of halogens is 4. The van der Waals surface area contributed by atoms with Gasteiger partial charge >= 0.3 is 5.97 Å². The SMILES string of the molecule is CCCCC(C)COC(=O)c1cc(Br)c(Br)c(Br)c1Br. The van der Waals surface area contributed by atoms with Crippen molar-refractivity contribution in [2.75, 3.05) is 6.61 Å². The average Bonchev–Trinajstić information content (AvgIpc) is 2.44. The minimum atomic E-state index is -0.311. The van der Waals surface area contributed by atoms with Crippen LogP contribution in [0.4, 0.5) is 0 Å². The highest BCUT2D eigenvalue weighted by Crippen LogP contribution is 2.39. The number of benzene rings is 1. The van der Waals surface area contributed by atoms with Crippen LogP contribution in [0.5, 0.6) is 0 Å². The molecular weight excluding hydrogens is 520 g/mol. The van der Waals surface area contributed by atoms with E-state index in [0.717, 1.165) is 32.7 Å². The fourth-order valence-electron chi connectivity index (χ4n) is 1.65. The Kier molecular flexibility index (Phi) is 8.31. The van der Waals surface area contributed by atoms with Crippen molar-refractivity contribution in [1.29, 1.82) is 0 Å². The van der Waals surface area contributed by atoms with Crippen molar-refractivity contribution in [1.82, 2.24) is 0 Å². The highest BCUT2D eigenvalue weighted by atomic mass is 79.9. The maximum absolute atomic E-state index is 12.2. The summed E-state index contributed by atoms with van der Waals surface area (Å²) in [6.07, 6.45) is 3.41. The molecule has 0 radical (unpaired) electrons. The lowest BCUT2D eigenvalue weighted by Crippen LogP contribution is -2.13. The smallest absolute Gasteiger partial charge is 0.339 e. The van der Waals surface area contributed by atoms with E-state index in [2.05, 4.69) is 77.6 Å². The third kappa shape index (κ3) is 5.11. The first-order valence-electron chi connectivity index (χ1n) is 6.38. The molecule has 0 saturated carbocycles. The van der Waals surface area contributed by atoms with Gasteiger partial charge in [-0.1, -0.05) is 26.7 Å². The third-order valence-electron chi connectivity index (χ3n) is 2.87. The summed E-state index contributed by atoms with van der Waals surface area (Å²) in [5.74, 6) is 0.0779. The zero-order chi connectivity index (χ0) is 15.3. The van der Waals surface area contributed by atoms with Crippen LogP contribution >= 0.6 is 63.7 Å². The molecule has 20 heavy (non-hydrogen) atoms. The molecule has 112 valence electrons. The second-order valence-corrected chi connectivity index (χ2v) is 7.93. The summed E-state index contributed by atoms with van der Waals surface area (Å²) in [5, 5.41) is 0. The predicted molar refractivity (Wildman–Crippen MR) is 96.2 cm³/mol. The molecule has 0 bridgehead atoms. The minimum absolute atomic E-state index is 0.311. The third-order valence-corrected chi connectivity index (χ3v) is 7.53. The van der Waals surface area contributed by atoms with Crippen LogP contribution in [-0.2, 0) is 4.74 Å². The van der Waals surface area contributed by atoms with Crippen LogP contribution in [0.2, 0.25) is 0 Å². The van der Waals surface area contributed by atoms with E-state index in [0.29, 0.717) is 22.6 Å². The minimum Gasteiger partial charge on any atom is -0.462 e. The number of rotatable bonds is 6. The zero-order valence-electron chi connectivity index (χ0n) is 11.3. The van der Waals surface area contributed by atoms with Gasteiger partial charge < -0.3 is 4.74 Å². The maximum Gasteiger partial charge on any atom is 0.339 e. The highest BCUT2D eigenvalue weighted by Gasteiger charge is 2.19. The Morgan fingerprint density at radius 1 is 1.20 bits per heavy atom. The van der Waals surface area contributed by atoms with Gasteiger partial charge in [0.15, 0.2) is 0 Å². The number of carbonyl (C=O) groups is 1. The molecule has 0 amide bonds. The topological polar surface area (TPSA) is 26.3 Å². The number of ether oxygens (including phenoxy) is 1. The maximum atomic E-state index is 12.2.